The first kappa shape index (κ1) is 15.2. The van der Waals surface area contributed by atoms with Gasteiger partial charge in [0.15, 0.2) is 0 Å². The van der Waals surface area contributed by atoms with Crippen molar-refractivity contribution in [3.8, 4) is 0 Å². The minimum atomic E-state index is 0.307. The Morgan fingerprint density at radius 3 is 2.80 bits per heavy atom. The van der Waals surface area contributed by atoms with Crippen molar-refractivity contribution in [3.63, 3.8) is 0 Å². The van der Waals surface area contributed by atoms with E-state index in [1.165, 1.54) is 16.7 Å². The molecular formula is C17H21BrN2. The molecule has 106 valence electrons. The largest absolute Gasteiger partial charge is 0.310 e. The van der Waals surface area contributed by atoms with Gasteiger partial charge in [0.1, 0.15) is 0 Å². The van der Waals surface area contributed by atoms with Gasteiger partial charge in [0.25, 0.3) is 0 Å². The standard InChI is InChI=1S/C17H21BrN2/c1-3-7-20-17(15-10-16(18)12-19-11-15)9-14-6-4-5-13(2)8-14/h4-6,8,10-12,17,20H,3,7,9H2,1-2H3. The van der Waals surface area contributed by atoms with E-state index in [1.54, 1.807) is 0 Å². The minimum Gasteiger partial charge on any atom is -0.310 e. The third-order valence-electron chi connectivity index (χ3n) is 3.29. The second-order valence-corrected chi connectivity index (χ2v) is 6.05. The average molecular weight is 333 g/mol. The smallest absolute Gasteiger partial charge is 0.0410 e. The molecule has 2 nitrogen and oxygen atoms in total. The number of pyridine rings is 1. The van der Waals surface area contributed by atoms with Crippen molar-refractivity contribution in [1.29, 1.82) is 0 Å². The van der Waals surface area contributed by atoms with Crippen LogP contribution in [0, 0.1) is 6.92 Å². The highest BCUT2D eigenvalue weighted by molar-refractivity contribution is 9.10. The number of benzene rings is 1. The number of hydrogen-bond acceptors (Lipinski definition) is 2. The zero-order valence-electron chi connectivity index (χ0n) is 12.1. The van der Waals surface area contributed by atoms with Gasteiger partial charge in [-0.25, -0.2) is 0 Å². The molecule has 0 fully saturated rings. The van der Waals surface area contributed by atoms with Gasteiger partial charge in [-0.3, -0.25) is 4.98 Å². The van der Waals surface area contributed by atoms with Gasteiger partial charge in [-0.1, -0.05) is 36.8 Å². The molecule has 20 heavy (non-hydrogen) atoms. The van der Waals surface area contributed by atoms with Crippen LogP contribution in [0.1, 0.15) is 36.1 Å². The van der Waals surface area contributed by atoms with Crippen molar-refractivity contribution >= 4 is 15.9 Å². The van der Waals surface area contributed by atoms with Crippen LogP contribution in [-0.2, 0) is 6.42 Å². The summed E-state index contributed by atoms with van der Waals surface area (Å²) in [5, 5.41) is 3.62. The first-order chi connectivity index (χ1) is 9.69. The van der Waals surface area contributed by atoms with E-state index in [0.717, 1.165) is 23.9 Å². The molecule has 0 amide bonds. The Bertz CT molecular complexity index is 554. The normalized spacial score (nSPS) is 12.3. The molecule has 0 aliphatic rings. The summed E-state index contributed by atoms with van der Waals surface area (Å²) >= 11 is 3.51. The van der Waals surface area contributed by atoms with Gasteiger partial charge < -0.3 is 5.32 Å². The molecule has 1 atom stereocenters. The molecule has 0 aliphatic heterocycles. The predicted octanol–water partition coefficient (Wildman–Crippen LogP) is 4.44. The monoisotopic (exact) mass is 332 g/mol. The average Bonchev–Trinajstić information content (AvgIpc) is 2.43. The Balaban J connectivity index is 2.19. The van der Waals surface area contributed by atoms with Crippen LogP contribution >= 0.6 is 15.9 Å². The van der Waals surface area contributed by atoms with Gasteiger partial charge in [0.05, 0.1) is 0 Å². The van der Waals surface area contributed by atoms with E-state index in [1.807, 2.05) is 12.4 Å². The minimum absolute atomic E-state index is 0.307. The fraction of sp³-hybridized carbons (Fsp3) is 0.353. The van der Waals surface area contributed by atoms with Crippen molar-refractivity contribution in [1.82, 2.24) is 10.3 Å². The van der Waals surface area contributed by atoms with Gasteiger partial charge in [-0.05, 0) is 59.4 Å². The predicted molar refractivity (Wildman–Crippen MR) is 87.9 cm³/mol. The van der Waals surface area contributed by atoms with Crippen molar-refractivity contribution in [3.05, 3.63) is 63.9 Å². The summed E-state index contributed by atoms with van der Waals surface area (Å²) in [6.45, 7) is 5.34. The first-order valence-corrected chi connectivity index (χ1v) is 7.87. The lowest BCUT2D eigenvalue weighted by molar-refractivity contribution is 0.527. The summed E-state index contributed by atoms with van der Waals surface area (Å²) in [6, 6.07) is 11.2. The molecule has 0 spiro atoms. The van der Waals surface area contributed by atoms with Crippen LogP contribution in [0.5, 0.6) is 0 Å². The lowest BCUT2D eigenvalue weighted by atomic mass is 9.99. The third kappa shape index (κ3) is 4.43. The molecule has 0 saturated carbocycles. The van der Waals surface area contributed by atoms with E-state index < -0.39 is 0 Å². The fourth-order valence-electron chi connectivity index (χ4n) is 2.32. The van der Waals surface area contributed by atoms with Gasteiger partial charge in [0, 0.05) is 22.9 Å². The maximum atomic E-state index is 4.29. The number of rotatable bonds is 6. The lowest BCUT2D eigenvalue weighted by Gasteiger charge is -2.19. The summed E-state index contributed by atoms with van der Waals surface area (Å²) < 4.78 is 1.03. The van der Waals surface area contributed by atoms with E-state index in [2.05, 4.69) is 70.4 Å². The summed E-state index contributed by atoms with van der Waals surface area (Å²) in [4.78, 5) is 4.29. The summed E-state index contributed by atoms with van der Waals surface area (Å²) in [5.41, 5.74) is 3.90. The van der Waals surface area contributed by atoms with Crippen LogP contribution < -0.4 is 5.32 Å². The Morgan fingerprint density at radius 1 is 1.25 bits per heavy atom. The molecule has 1 heterocycles. The molecule has 1 aromatic carbocycles. The van der Waals surface area contributed by atoms with Crippen molar-refractivity contribution in [2.75, 3.05) is 6.54 Å². The zero-order chi connectivity index (χ0) is 14.4. The van der Waals surface area contributed by atoms with Crippen molar-refractivity contribution in [2.24, 2.45) is 0 Å². The van der Waals surface area contributed by atoms with Crippen LogP contribution in [0.4, 0.5) is 0 Å². The van der Waals surface area contributed by atoms with Gasteiger partial charge in [0.2, 0.25) is 0 Å². The molecular weight excluding hydrogens is 312 g/mol. The maximum Gasteiger partial charge on any atom is 0.0410 e. The quantitative estimate of drug-likeness (QED) is 0.846. The van der Waals surface area contributed by atoms with E-state index >= 15 is 0 Å². The first-order valence-electron chi connectivity index (χ1n) is 7.08. The van der Waals surface area contributed by atoms with Gasteiger partial charge in [-0.2, -0.15) is 0 Å². The second kappa shape index (κ2) is 7.55. The molecule has 2 rings (SSSR count). The molecule has 0 saturated heterocycles. The van der Waals surface area contributed by atoms with Gasteiger partial charge >= 0.3 is 0 Å². The lowest BCUT2D eigenvalue weighted by Crippen LogP contribution is -2.24. The molecule has 1 unspecified atom stereocenters. The van der Waals surface area contributed by atoms with E-state index in [0.29, 0.717) is 6.04 Å². The highest BCUT2D eigenvalue weighted by Crippen LogP contribution is 2.21. The molecule has 1 N–H and O–H groups in total. The number of halogens is 1. The van der Waals surface area contributed by atoms with E-state index in [4.69, 9.17) is 0 Å². The molecule has 0 bridgehead atoms. The van der Waals surface area contributed by atoms with Crippen LogP contribution in [0.25, 0.3) is 0 Å². The van der Waals surface area contributed by atoms with Crippen LogP contribution in [0.3, 0.4) is 0 Å². The van der Waals surface area contributed by atoms with Crippen molar-refractivity contribution in [2.45, 2.75) is 32.7 Å². The second-order valence-electron chi connectivity index (χ2n) is 5.14. The maximum absolute atomic E-state index is 4.29. The molecule has 0 radical (unpaired) electrons. The number of aryl methyl sites for hydroxylation is 1. The van der Waals surface area contributed by atoms with Crippen LogP contribution in [0.15, 0.2) is 47.2 Å². The fourth-order valence-corrected chi connectivity index (χ4v) is 2.70. The highest BCUT2D eigenvalue weighted by Gasteiger charge is 2.12. The Labute approximate surface area is 129 Å². The number of aromatic nitrogens is 1. The number of nitrogens with one attached hydrogen (secondary N) is 1. The summed E-state index contributed by atoms with van der Waals surface area (Å²) in [6.07, 6.45) is 5.90. The van der Waals surface area contributed by atoms with Crippen LogP contribution in [0.2, 0.25) is 0 Å². The SMILES string of the molecule is CCCNC(Cc1cccc(C)c1)c1cncc(Br)c1. The Kier molecular flexibility index (Phi) is 5.74. The highest BCUT2D eigenvalue weighted by atomic mass is 79.9. The third-order valence-corrected chi connectivity index (χ3v) is 3.73. The summed E-state index contributed by atoms with van der Waals surface area (Å²) in [7, 11) is 0. The Morgan fingerprint density at radius 2 is 2.10 bits per heavy atom. The molecule has 0 aliphatic carbocycles. The van der Waals surface area contributed by atoms with Gasteiger partial charge in [-0.15, -0.1) is 0 Å². The van der Waals surface area contributed by atoms with E-state index in [-0.39, 0.29) is 0 Å². The zero-order valence-corrected chi connectivity index (χ0v) is 13.7. The molecule has 2 aromatic rings. The van der Waals surface area contributed by atoms with Crippen molar-refractivity contribution < 1.29 is 0 Å². The molecule has 1 aromatic heterocycles. The molecule has 3 heteroatoms. The summed E-state index contributed by atoms with van der Waals surface area (Å²) in [5.74, 6) is 0. The van der Waals surface area contributed by atoms with Crippen LogP contribution in [-0.4, -0.2) is 11.5 Å². The number of nitrogens with zero attached hydrogens (tertiary/aromatic N) is 1. The number of hydrogen-bond donors (Lipinski definition) is 1. The topological polar surface area (TPSA) is 24.9 Å². The Hall–Kier alpha value is -1.19. The van der Waals surface area contributed by atoms with E-state index in [9.17, 15) is 0 Å².